The van der Waals surface area contributed by atoms with Gasteiger partial charge in [-0.2, -0.15) is 0 Å². The van der Waals surface area contributed by atoms with Crippen LogP contribution in [0.3, 0.4) is 0 Å². The third-order valence-electron chi connectivity index (χ3n) is 5.35. The third kappa shape index (κ3) is 3.93. The molecule has 4 rings (SSSR count). The number of para-hydroxylation sites is 2. The molecule has 0 fully saturated rings. The molecular weight excluding hydrogens is 442 g/mol. The fourth-order valence-corrected chi connectivity index (χ4v) is 4.58. The van der Waals surface area contributed by atoms with Gasteiger partial charge in [-0.15, -0.1) is 11.3 Å². The fourth-order valence-electron chi connectivity index (χ4n) is 3.90. The van der Waals surface area contributed by atoms with Crippen LogP contribution >= 0.6 is 11.3 Å². The smallest absolute Gasteiger partial charge is 0.294 e. The molecule has 8 heteroatoms. The lowest BCUT2D eigenvalue weighted by atomic mass is 9.94. The number of amides is 1. The molecule has 7 nitrogen and oxygen atoms in total. The van der Waals surface area contributed by atoms with E-state index >= 15 is 0 Å². The van der Waals surface area contributed by atoms with Gasteiger partial charge in [-0.05, 0) is 48.2 Å². The third-order valence-corrected chi connectivity index (χ3v) is 6.21. The average molecular weight is 466 g/mol. The zero-order chi connectivity index (χ0) is 23.5. The first kappa shape index (κ1) is 22.4. The monoisotopic (exact) mass is 465 g/mol. The van der Waals surface area contributed by atoms with E-state index in [9.17, 15) is 14.7 Å². The maximum Gasteiger partial charge on any atom is 0.294 e. The summed E-state index contributed by atoms with van der Waals surface area (Å²) < 4.78 is 16.6. The van der Waals surface area contributed by atoms with E-state index in [2.05, 4.69) is 0 Å². The Hall–Kier alpha value is -3.78. The predicted octanol–water partition coefficient (Wildman–Crippen LogP) is 4.95. The number of aliphatic hydroxyl groups excluding tert-OH is 1. The van der Waals surface area contributed by atoms with Crippen molar-refractivity contribution in [3.63, 3.8) is 0 Å². The lowest BCUT2D eigenvalue weighted by Gasteiger charge is -2.28. The van der Waals surface area contributed by atoms with Crippen molar-refractivity contribution in [2.24, 2.45) is 0 Å². The van der Waals surface area contributed by atoms with E-state index in [1.54, 1.807) is 60.0 Å². The Bertz CT molecular complexity index is 1220. The molecule has 0 bridgehead atoms. The van der Waals surface area contributed by atoms with E-state index < -0.39 is 23.5 Å². The highest BCUT2D eigenvalue weighted by Gasteiger charge is 2.46. The number of nitrogens with zero attached hydrogens (tertiary/aromatic N) is 1. The highest BCUT2D eigenvalue weighted by Crippen LogP contribution is 2.46. The van der Waals surface area contributed by atoms with Gasteiger partial charge in [0.15, 0.2) is 17.3 Å². The molecule has 0 saturated carbocycles. The number of anilines is 1. The molecule has 1 unspecified atom stereocenters. The predicted molar refractivity (Wildman–Crippen MR) is 126 cm³/mol. The highest BCUT2D eigenvalue weighted by molar-refractivity contribution is 7.12. The zero-order valence-corrected chi connectivity index (χ0v) is 19.2. The Morgan fingerprint density at radius 2 is 1.79 bits per heavy atom. The number of aliphatic hydroxyl groups is 1. The van der Waals surface area contributed by atoms with Crippen LogP contribution in [-0.4, -0.2) is 37.6 Å². The molecule has 1 aromatic heterocycles. The molecule has 33 heavy (non-hydrogen) atoms. The number of hydrogen-bond donors (Lipinski definition) is 1. The number of methoxy groups -OCH3 is 2. The van der Waals surface area contributed by atoms with E-state index in [-0.39, 0.29) is 5.57 Å². The Morgan fingerprint density at radius 3 is 2.45 bits per heavy atom. The standard InChI is InChI=1S/C25H23NO6S/c1-4-32-19-14-15(11-12-18(19)31-3)22-21(23(27)20-10-7-13-33-20)24(28)25(29)26(22)16-8-5-6-9-17(16)30-2/h5-14,22,28H,4H2,1-3H3. The molecule has 1 aliphatic heterocycles. The molecule has 1 N–H and O–H groups in total. The minimum absolute atomic E-state index is 0.000899. The molecule has 1 atom stereocenters. The van der Waals surface area contributed by atoms with Crippen LogP contribution in [-0.2, 0) is 4.79 Å². The molecule has 0 aliphatic carbocycles. The number of hydrogen-bond acceptors (Lipinski definition) is 7. The second-order valence-electron chi connectivity index (χ2n) is 7.16. The molecule has 170 valence electrons. The molecule has 2 aromatic carbocycles. The minimum atomic E-state index is -0.895. The Kier molecular flexibility index (Phi) is 6.37. The summed E-state index contributed by atoms with van der Waals surface area (Å²) >= 11 is 1.25. The summed E-state index contributed by atoms with van der Waals surface area (Å²) in [5, 5.41) is 12.7. The lowest BCUT2D eigenvalue weighted by molar-refractivity contribution is -0.117. The van der Waals surface area contributed by atoms with Crippen molar-refractivity contribution in [3.05, 3.63) is 81.8 Å². The van der Waals surface area contributed by atoms with Crippen molar-refractivity contribution in [3.8, 4) is 17.2 Å². The van der Waals surface area contributed by atoms with Gasteiger partial charge in [-0.3, -0.25) is 14.5 Å². The largest absolute Gasteiger partial charge is 0.503 e. The first-order valence-corrected chi connectivity index (χ1v) is 11.2. The lowest BCUT2D eigenvalue weighted by Crippen LogP contribution is -2.31. The van der Waals surface area contributed by atoms with Crippen LogP contribution < -0.4 is 19.1 Å². The van der Waals surface area contributed by atoms with Gasteiger partial charge in [0.2, 0.25) is 5.78 Å². The molecule has 0 radical (unpaired) electrons. The Balaban J connectivity index is 1.93. The number of Topliss-reactive ketones (excluding diaryl/α,β-unsaturated/α-hetero) is 1. The molecule has 2 heterocycles. The van der Waals surface area contributed by atoms with E-state index in [0.29, 0.717) is 40.0 Å². The van der Waals surface area contributed by atoms with Crippen molar-refractivity contribution in [2.75, 3.05) is 25.7 Å². The molecule has 1 aliphatic rings. The quantitative estimate of drug-likeness (QED) is 0.474. The minimum Gasteiger partial charge on any atom is -0.503 e. The highest BCUT2D eigenvalue weighted by atomic mass is 32.1. The summed E-state index contributed by atoms with van der Waals surface area (Å²) in [6, 6.07) is 14.7. The second-order valence-corrected chi connectivity index (χ2v) is 8.11. The van der Waals surface area contributed by atoms with Gasteiger partial charge >= 0.3 is 0 Å². The second kappa shape index (κ2) is 9.38. The Morgan fingerprint density at radius 1 is 1.03 bits per heavy atom. The maximum absolute atomic E-state index is 13.4. The van der Waals surface area contributed by atoms with Crippen molar-refractivity contribution in [2.45, 2.75) is 13.0 Å². The number of benzene rings is 2. The van der Waals surface area contributed by atoms with Gasteiger partial charge in [-0.25, -0.2) is 0 Å². The van der Waals surface area contributed by atoms with E-state index in [4.69, 9.17) is 14.2 Å². The first-order chi connectivity index (χ1) is 16.0. The first-order valence-electron chi connectivity index (χ1n) is 10.3. The number of thiophene rings is 1. The number of ether oxygens (including phenoxy) is 3. The van der Waals surface area contributed by atoms with E-state index in [0.717, 1.165) is 0 Å². The van der Waals surface area contributed by atoms with Crippen LogP contribution in [0, 0.1) is 0 Å². The number of carbonyl (C=O) groups is 2. The van der Waals surface area contributed by atoms with Crippen molar-refractivity contribution >= 4 is 28.7 Å². The van der Waals surface area contributed by atoms with Crippen molar-refractivity contribution < 1.29 is 28.9 Å². The fraction of sp³-hybridized carbons (Fsp3) is 0.200. The van der Waals surface area contributed by atoms with Crippen molar-refractivity contribution in [1.29, 1.82) is 0 Å². The van der Waals surface area contributed by atoms with Crippen LogP contribution in [0.25, 0.3) is 0 Å². The summed E-state index contributed by atoms with van der Waals surface area (Å²) in [5.74, 6) is -0.248. The van der Waals surface area contributed by atoms with Crippen molar-refractivity contribution in [1.82, 2.24) is 0 Å². The number of carbonyl (C=O) groups excluding carboxylic acids is 2. The SMILES string of the molecule is CCOc1cc(C2C(C(=O)c3cccs3)=C(O)C(=O)N2c2ccccc2OC)ccc1OC. The van der Waals surface area contributed by atoms with Gasteiger partial charge in [0.25, 0.3) is 5.91 Å². The van der Waals surface area contributed by atoms with Crippen LogP contribution in [0.2, 0.25) is 0 Å². The maximum atomic E-state index is 13.4. The summed E-state index contributed by atoms with van der Waals surface area (Å²) in [6.07, 6.45) is 0. The average Bonchev–Trinajstić information content (AvgIpc) is 3.46. The van der Waals surface area contributed by atoms with Gasteiger partial charge < -0.3 is 19.3 Å². The van der Waals surface area contributed by atoms with Crippen LogP contribution in [0.5, 0.6) is 17.2 Å². The van der Waals surface area contributed by atoms with Gasteiger partial charge in [0, 0.05) is 0 Å². The Labute approximate surface area is 195 Å². The van der Waals surface area contributed by atoms with E-state index in [1.165, 1.54) is 30.5 Å². The summed E-state index contributed by atoms with van der Waals surface area (Å²) in [6.45, 7) is 2.26. The summed E-state index contributed by atoms with van der Waals surface area (Å²) in [7, 11) is 3.04. The topological polar surface area (TPSA) is 85.3 Å². The van der Waals surface area contributed by atoms with Crippen LogP contribution in [0.1, 0.15) is 28.2 Å². The molecule has 1 amide bonds. The molecule has 0 saturated heterocycles. The van der Waals surface area contributed by atoms with Crippen LogP contribution in [0.15, 0.2) is 71.3 Å². The molecule has 0 spiro atoms. The number of ketones is 1. The summed E-state index contributed by atoms with van der Waals surface area (Å²) in [5.41, 5.74) is 1.02. The number of rotatable bonds is 8. The van der Waals surface area contributed by atoms with Gasteiger partial charge in [0.1, 0.15) is 5.75 Å². The summed E-state index contributed by atoms with van der Waals surface area (Å²) in [4.78, 5) is 28.6. The van der Waals surface area contributed by atoms with Gasteiger partial charge in [-0.1, -0.05) is 24.3 Å². The van der Waals surface area contributed by atoms with Gasteiger partial charge in [0.05, 0.1) is 43.0 Å². The zero-order valence-electron chi connectivity index (χ0n) is 18.4. The molecular formula is C25H23NO6S. The molecule has 3 aromatic rings. The van der Waals surface area contributed by atoms with E-state index in [1.807, 2.05) is 6.92 Å². The normalized spacial score (nSPS) is 15.7. The van der Waals surface area contributed by atoms with Crippen LogP contribution in [0.4, 0.5) is 5.69 Å².